The van der Waals surface area contributed by atoms with Crippen LogP contribution in [0.5, 0.6) is 5.75 Å². The van der Waals surface area contributed by atoms with Crippen LogP contribution in [0, 0.1) is 23.7 Å². The average molecular weight is 433 g/mol. The van der Waals surface area contributed by atoms with E-state index in [2.05, 4.69) is 51.8 Å². The first-order valence-corrected chi connectivity index (χ1v) is 12.0. The van der Waals surface area contributed by atoms with E-state index in [1.165, 1.54) is 6.42 Å². The molecule has 5 heteroatoms. The van der Waals surface area contributed by atoms with Gasteiger partial charge in [0.1, 0.15) is 18.0 Å². The first-order chi connectivity index (χ1) is 14.6. The van der Waals surface area contributed by atoms with Gasteiger partial charge in [-0.1, -0.05) is 41.5 Å². The second kappa shape index (κ2) is 11.9. The number of rotatable bonds is 11. The molecule has 0 aromatic heterocycles. The van der Waals surface area contributed by atoms with E-state index in [9.17, 15) is 4.79 Å². The fourth-order valence-corrected chi connectivity index (χ4v) is 4.99. The quantitative estimate of drug-likeness (QED) is 0.504. The molecule has 0 saturated carbocycles. The summed E-state index contributed by atoms with van der Waals surface area (Å²) in [5.41, 5.74) is -0.0368. The molecule has 31 heavy (non-hydrogen) atoms. The minimum atomic E-state index is -0.805. The molecule has 0 aliphatic carbocycles. The highest BCUT2D eigenvalue weighted by molar-refractivity contribution is 5.97. The van der Waals surface area contributed by atoms with E-state index in [4.69, 9.17) is 9.47 Å². The van der Waals surface area contributed by atoms with Crippen molar-refractivity contribution in [1.29, 1.82) is 0 Å². The van der Waals surface area contributed by atoms with Crippen molar-refractivity contribution in [2.24, 2.45) is 23.7 Å². The Kier molecular flexibility index (Phi) is 9.83. The molecule has 0 bridgehead atoms. The van der Waals surface area contributed by atoms with E-state index in [0.717, 1.165) is 42.9 Å². The number of nitrogens with zero attached hydrogens (tertiary/aromatic N) is 1. The molecule has 1 amide bonds. The number of nitrogens with one attached hydrogen (secondary N) is 1. The van der Waals surface area contributed by atoms with Crippen LogP contribution in [-0.2, 0) is 9.53 Å². The number of hydrogen-bond donors (Lipinski definition) is 1. The third-order valence-corrected chi connectivity index (χ3v) is 6.01. The minimum absolute atomic E-state index is 0.0700. The van der Waals surface area contributed by atoms with Gasteiger partial charge in [0.25, 0.3) is 5.91 Å². The van der Waals surface area contributed by atoms with Crippen LogP contribution in [0.15, 0.2) is 24.3 Å². The molecule has 1 saturated heterocycles. The fraction of sp³-hybridized carbons (Fsp3) is 0.731. The molecule has 176 valence electrons. The maximum Gasteiger partial charge on any atom is 0.256 e. The number of ether oxygens (including phenoxy) is 2. The normalized spacial score (nSPS) is 20.3. The standard InChI is InChI=1S/C26H44N2O3/c1-19(2)15-26(30-7,16-20(3)4)25(29)27-23-8-10-24(11-9-23)31-13-12-28-17-21(5)14-22(6)18-28/h8-11,19-22H,12-18H2,1-7H3,(H,27,29)/t21-,22-/m1/s1. The Morgan fingerprint density at radius 3 is 2.10 bits per heavy atom. The van der Waals surface area contributed by atoms with Gasteiger partial charge >= 0.3 is 0 Å². The first-order valence-electron chi connectivity index (χ1n) is 12.0. The summed E-state index contributed by atoms with van der Waals surface area (Å²) in [5, 5.41) is 3.06. The molecule has 0 radical (unpaired) electrons. The van der Waals surface area contributed by atoms with Crippen LogP contribution in [0.4, 0.5) is 5.69 Å². The minimum Gasteiger partial charge on any atom is -0.492 e. The number of likely N-dealkylation sites (tertiary alicyclic amines) is 1. The van der Waals surface area contributed by atoms with Gasteiger partial charge in [0, 0.05) is 32.4 Å². The number of carbonyl (C=O) groups is 1. The lowest BCUT2D eigenvalue weighted by Crippen LogP contribution is -2.46. The predicted molar refractivity (Wildman–Crippen MR) is 129 cm³/mol. The van der Waals surface area contributed by atoms with E-state index >= 15 is 0 Å². The molecule has 0 spiro atoms. The summed E-state index contributed by atoms with van der Waals surface area (Å²) in [5.74, 6) is 3.02. The smallest absolute Gasteiger partial charge is 0.256 e. The number of amides is 1. The average Bonchev–Trinajstić information content (AvgIpc) is 2.67. The topological polar surface area (TPSA) is 50.8 Å². The van der Waals surface area contributed by atoms with Crippen molar-refractivity contribution in [3.63, 3.8) is 0 Å². The Morgan fingerprint density at radius 2 is 1.61 bits per heavy atom. The van der Waals surface area contributed by atoms with Gasteiger partial charge in [0.15, 0.2) is 0 Å². The van der Waals surface area contributed by atoms with Crippen molar-refractivity contribution in [3.8, 4) is 5.75 Å². The Balaban J connectivity index is 1.90. The molecule has 1 N–H and O–H groups in total. The SMILES string of the molecule is COC(CC(C)C)(CC(C)C)C(=O)Nc1ccc(OCCN2C[C@H](C)C[C@@H](C)C2)cc1. The molecular formula is C26H44N2O3. The third kappa shape index (κ3) is 8.12. The summed E-state index contributed by atoms with van der Waals surface area (Å²) >= 11 is 0. The van der Waals surface area contributed by atoms with E-state index in [-0.39, 0.29) is 5.91 Å². The zero-order chi connectivity index (χ0) is 23.0. The lowest BCUT2D eigenvalue weighted by atomic mass is 9.84. The zero-order valence-electron chi connectivity index (χ0n) is 20.7. The largest absolute Gasteiger partial charge is 0.492 e. The summed E-state index contributed by atoms with van der Waals surface area (Å²) in [6.07, 6.45) is 2.72. The second-order valence-corrected chi connectivity index (χ2v) is 10.4. The highest BCUT2D eigenvalue weighted by Crippen LogP contribution is 2.30. The van der Waals surface area contributed by atoms with E-state index in [0.29, 0.717) is 31.3 Å². The van der Waals surface area contributed by atoms with Gasteiger partial charge in [-0.05, 0) is 67.2 Å². The van der Waals surface area contributed by atoms with Crippen LogP contribution in [0.25, 0.3) is 0 Å². The van der Waals surface area contributed by atoms with Gasteiger partial charge in [0.2, 0.25) is 0 Å². The van der Waals surface area contributed by atoms with Crippen LogP contribution in [0.1, 0.15) is 60.8 Å². The Bertz CT molecular complexity index is 652. The predicted octanol–water partition coefficient (Wildman–Crippen LogP) is 5.46. The molecule has 1 aliphatic rings. The fourth-order valence-electron chi connectivity index (χ4n) is 4.99. The Labute approximate surface area is 189 Å². The van der Waals surface area contributed by atoms with Crippen molar-refractivity contribution in [1.82, 2.24) is 4.90 Å². The van der Waals surface area contributed by atoms with E-state index in [1.54, 1.807) is 7.11 Å². The summed E-state index contributed by atoms with van der Waals surface area (Å²) in [6.45, 7) is 17.1. The van der Waals surface area contributed by atoms with Crippen molar-refractivity contribution < 1.29 is 14.3 Å². The molecule has 1 heterocycles. The van der Waals surface area contributed by atoms with Gasteiger partial charge in [0.05, 0.1) is 0 Å². The Morgan fingerprint density at radius 1 is 1.06 bits per heavy atom. The van der Waals surface area contributed by atoms with Crippen molar-refractivity contribution in [2.45, 2.75) is 66.4 Å². The number of anilines is 1. The number of methoxy groups -OCH3 is 1. The molecule has 1 aromatic carbocycles. The third-order valence-electron chi connectivity index (χ3n) is 6.01. The monoisotopic (exact) mass is 432 g/mol. The van der Waals surface area contributed by atoms with Crippen LogP contribution < -0.4 is 10.1 Å². The number of hydrogen-bond acceptors (Lipinski definition) is 4. The van der Waals surface area contributed by atoms with Gasteiger partial charge in [-0.2, -0.15) is 0 Å². The summed E-state index contributed by atoms with van der Waals surface area (Å²) in [4.78, 5) is 15.6. The number of carbonyl (C=O) groups excluding carboxylic acids is 1. The molecule has 1 aliphatic heterocycles. The summed E-state index contributed by atoms with van der Waals surface area (Å²) in [7, 11) is 1.64. The second-order valence-electron chi connectivity index (χ2n) is 10.4. The van der Waals surface area contributed by atoms with Crippen molar-refractivity contribution in [2.75, 3.05) is 38.7 Å². The molecule has 1 aromatic rings. The first kappa shape index (κ1) is 25.7. The van der Waals surface area contributed by atoms with Gasteiger partial charge in [-0.15, -0.1) is 0 Å². The van der Waals surface area contributed by atoms with Gasteiger partial charge < -0.3 is 14.8 Å². The molecule has 2 rings (SSSR count). The van der Waals surface area contributed by atoms with Crippen LogP contribution >= 0.6 is 0 Å². The lowest BCUT2D eigenvalue weighted by Gasteiger charge is -2.34. The summed E-state index contributed by atoms with van der Waals surface area (Å²) in [6, 6.07) is 7.67. The zero-order valence-corrected chi connectivity index (χ0v) is 20.7. The maximum atomic E-state index is 13.1. The molecular weight excluding hydrogens is 388 g/mol. The number of piperidine rings is 1. The molecule has 0 unspecified atom stereocenters. The Hall–Kier alpha value is -1.59. The van der Waals surface area contributed by atoms with Crippen molar-refractivity contribution in [3.05, 3.63) is 24.3 Å². The van der Waals surface area contributed by atoms with Crippen molar-refractivity contribution >= 4 is 11.6 Å². The molecule has 2 atom stereocenters. The molecule has 1 fully saturated rings. The highest BCUT2D eigenvalue weighted by atomic mass is 16.5. The van der Waals surface area contributed by atoms with Crippen LogP contribution in [0.2, 0.25) is 0 Å². The van der Waals surface area contributed by atoms with Gasteiger partial charge in [-0.25, -0.2) is 0 Å². The maximum absolute atomic E-state index is 13.1. The highest BCUT2D eigenvalue weighted by Gasteiger charge is 2.39. The van der Waals surface area contributed by atoms with Crippen LogP contribution in [-0.4, -0.2) is 49.8 Å². The number of benzene rings is 1. The lowest BCUT2D eigenvalue weighted by molar-refractivity contribution is -0.142. The van der Waals surface area contributed by atoms with E-state index < -0.39 is 5.60 Å². The van der Waals surface area contributed by atoms with Crippen LogP contribution in [0.3, 0.4) is 0 Å². The van der Waals surface area contributed by atoms with E-state index in [1.807, 2.05) is 24.3 Å². The molecule has 5 nitrogen and oxygen atoms in total. The summed E-state index contributed by atoms with van der Waals surface area (Å²) < 4.78 is 11.8. The van der Waals surface area contributed by atoms with Gasteiger partial charge in [-0.3, -0.25) is 9.69 Å².